The summed E-state index contributed by atoms with van der Waals surface area (Å²) in [5, 5.41) is 3.61. The van der Waals surface area contributed by atoms with Crippen molar-refractivity contribution in [3.63, 3.8) is 0 Å². The zero-order valence-corrected chi connectivity index (χ0v) is 10.4. The van der Waals surface area contributed by atoms with Gasteiger partial charge in [0.15, 0.2) is 0 Å². The first-order chi connectivity index (χ1) is 8.27. The molecular formula is C16H21N. The Hall–Kier alpha value is -1.60. The topological polar surface area (TPSA) is 12.0 Å². The van der Waals surface area contributed by atoms with Gasteiger partial charge in [-0.15, -0.1) is 0 Å². The minimum atomic E-state index is 0. The van der Waals surface area contributed by atoms with Crippen molar-refractivity contribution in [2.75, 3.05) is 0 Å². The summed E-state index contributed by atoms with van der Waals surface area (Å²) in [4.78, 5) is 0. The van der Waals surface area contributed by atoms with E-state index in [4.69, 9.17) is 0 Å². The summed E-state index contributed by atoms with van der Waals surface area (Å²) in [5.41, 5.74) is 2.62. The van der Waals surface area contributed by atoms with Crippen molar-refractivity contribution < 1.29 is 1.43 Å². The Labute approximate surface area is 105 Å². The first kappa shape index (κ1) is 11.9. The van der Waals surface area contributed by atoms with Crippen LogP contribution in [-0.2, 0) is 0 Å². The molecule has 0 aromatic heterocycles. The lowest BCUT2D eigenvalue weighted by atomic mass is 9.98. The van der Waals surface area contributed by atoms with E-state index >= 15 is 0 Å². The third kappa shape index (κ3) is 3.18. The van der Waals surface area contributed by atoms with Crippen LogP contribution in [0.1, 0.15) is 32.4 Å². The molecule has 0 unspecified atom stereocenters. The van der Waals surface area contributed by atoms with E-state index in [1.807, 2.05) is 0 Å². The van der Waals surface area contributed by atoms with Crippen LogP contribution in [-0.4, -0.2) is 6.04 Å². The summed E-state index contributed by atoms with van der Waals surface area (Å²) in [6.45, 7) is 4.36. The molecule has 0 fully saturated rings. The summed E-state index contributed by atoms with van der Waals surface area (Å²) in [5.74, 6) is 0. The maximum Gasteiger partial charge on any atom is 0.0578 e. The van der Waals surface area contributed by atoms with Gasteiger partial charge >= 0.3 is 0 Å². The predicted molar refractivity (Wildman–Crippen MR) is 75.1 cm³/mol. The first-order valence-electron chi connectivity index (χ1n) is 6.13. The molecule has 0 atom stereocenters. The molecule has 0 aliphatic heterocycles. The van der Waals surface area contributed by atoms with Crippen molar-refractivity contribution in [3.8, 4) is 0 Å². The van der Waals surface area contributed by atoms with Crippen LogP contribution in [0.2, 0.25) is 0 Å². The van der Waals surface area contributed by atoms with Gasteiger partial charge in [-0.1, -0.05) is 60.7 Å². The van der Waals surface area contributed by atoms with Gasteiger partial charge in [0.1, 0.15) is 0 Å². The van der Waals surface area contributed by atoms with Crippen LogP contribution >= 0.6 is 0 Å². The van der Waals surface area contributed by atoms with Gasteiger partial charge in [0.25, 0.3) is 0 Å². The Morgan fingerprint density at radius 3 is 1.53 bits per heavy atom. The van der Waals surface area contributed by atoms with Crippen molar-refractivity contribution in [2.24, 2.45) is 0 Å². The predicted octanol–water partition coefficient (Wildman–Crippen LogP) is 4.02. The average molecular weight is 227 g/mol. The summed E-state index contributed by atoms with van der Waals surface area (Å²) in [7, 11) is 0. The van der Waals surface area contributed by atoms with Crippen LogP contribution < -0.4 is 5.32 Å². The molecular weight excluding hydrogens is 206 g/mol. The zero-order valence-electron chi connectivity index (χ0n) is 10.4. The van der Waals surface area contributed by atoms with E-state index in [-0.39, 0.29) is 7.47 Å². The summed E-state index contributed by atoms with van der Waals surface area (Å²) in [6.07, 6.45) is 0. The number of benzene rings is 2. The van der Waals surface area contributed by atoms with E-state index in [0.717, 1.165) is 0 Å². The third-order valence-electron chi connectivity index (χ3n) is 2.77. The molecule has 0 saturated carbocycles. The molecule has 1 heteroatoms. The number of rotatable bonds is 4. The van der Waals surface area contributed by atoms with Crippen molar-refractivity contribution in [2.45, 2.75) is 25.9 Å². The van der Waals surface area contributed by atoms with Gasteiger partial charge in [0.05, 0.1) is 6.04 Å². The van der Waals surface area contributed by atoms with Gasteiger partial charge < -0.3 is 5.32 Å². The molecule has 0 spiro atoms. The lowest BCUT2D eigenvalue weighted by Crippen LogP contribution is -2.28. The minimum Gasteiger partial charge on any atom is -0.304 e. The summed E-state index contributed by atoms with van der Waals surface area (Å²) < 4.78 is 0. The second-order valence-electron chi connectivity index (χ2n) is 4.58. The Bertz CT molecular complexity index is 400. The summed E-state index contributed by atoms with van der Waals surface area (Å²) >= 11 is 0. The largest absolute Gasteiger partial charge is 0.304 e. The first-order valence-corrected chi connectivity index (χ1v) is 6.13. The molecule has 0 amide bonds. The standard InChI is InChI=1S/C16H19N.H2/c1-13(2)17-16(14-9-5-3-6-10-14)15-11-7-4-8-12-15;/h3-13,16-17H,1-2H3;1H. The van der Waals surface area contributed by atoms with Crippen LogP contribution in [0, 0.1) is 0 Å². The van der Waals surface area contributed by atoms with Gasteiger partial charge in [0.2, 0.25) is 0 Å². The van der Waals surface area contributed by atoms with Crippen molar-refractivity contribution in [1.29, 1.82) is 0 Å². The molecule has 2 aromatic carbocycles. The fourth-order valence-corrected chi connectivity index (χ4v) is 2.01. The average Bonchev–Trinajstić information content (AvgIpc) is 2.38. The second-order valence-corrected chi connectivity index (χ2v) is 4.58. The van der Waals surface area contributed by atoms with E-state index in [1.54, 1.807) is 0 Å². The molecule has 1 nitrogen and oxygen atoms in total. The molecule has 2 aromatic rings. The smallest absolute Gasteiger partial charge is 0.0578 e. The minimum absolute atomic E-state index is 0. The molecule has 17 heavy (non-hydrogen) atoms. The molecule has 90 valence electrons. The highest BCUT2D eigenvalue weighted by Gasteiger charge is 2.13. The second kappa shape index (κ2) is 5.65. The van der Waals surface area contributed by atoms with E-state index in [1.165, 1.54) is 11.1 Å². The number of nitrogens with one attached hydrogen (secondary N) is 1. The molecule has 0 heterocycles. The van der Waals surface area contributed by atoms with Crippen molar-refractivity contribution in [1.82, 2.24) is 5.32 Å². The highest BCUT2D eigenvalue weighted by atomic mass is 14.9. The Morgan fingerprint density at radius 2 is 1.18 bits per heavy atom. The SMILES string of the molecule is CC(C)NC(c1ccccc1)c1ccccc1.[HH]. The highest BCUT2D eigenvalue weighted by molar-refractivity contribution is 5.31. The summed E-state index contributed by atoms with van der Waals surface area (Å²) in [6, 6.07) is 21.9. The maximum atomic E-state index is 3.61. The molecule has 0 bridgehead atoms. The Morgan fingerprint density at radius 1 is 0.765 bits per heavy atom. The van der Waals surface area contributed by atoms with Gasteiger partial charge in [-0.25, -0.2) is 0 Å². The van der Waals surface area contributed by atoms with E-state index in [0.29, 0.717) is 6.04 Å². The molecule has 0 aliphatic carbocycles. The molecule has 0 radical (unpaired) electrons. The highest BCUT2D eigenvalue weighted by Crippen LogP contribution is 2.22. The van der Waals surface area contributed by atoms with Crippen LogP contribution in [0.3, 0.4) is 0 Å². The van der Waals surface area contributed by atoms with Crippen LogP contribution in [0.25, 0.3) is 0 Å². The third-order valence-corrected chi connectivity index (χ3v) is 2.77. The quantitative estimate of drug-likeness (QED) is 0.832. The van der Waals surface area contributed by atoms with Gasteiger partial charge in [0, 0.05) is 7.47 Å². The molecule has 1 N–H and O–H groups in total. The van der Waals surface area contributed by atoms with Crippen LogP contribution in [0.5, 0.6) is 0 Å². The molecule has 2 rings (SSSR count). The fourth-order valence-electron chi connectivity index (χ4n) is 2.01. The molecule has 0 saturated heterocycles. The normalized spacial score (nSPS) is 11.1. The van der Waals surface area contributed by atoms with E-state index in [2.05, 4.69) is 79.8 Å². The Balaban J connectivity index is 0.00000162. The number of hydrogen-bond acceptors (Lipinski definition) is 1. The van der Waals surface area contributed by atoms with Crippen molar-refractivity contribution in [3.05, 3.63) is 71.8 Å². The van der Waals surface area contributed by atoms with Crippen LogP contribution in [0.15, 0.2) is 60.7 Å². The zero-order chi connectivity index (χ0) is 12.1. The maximum absolute atomic E-state index is 3.61. The monoisotopic (exact) mass is 227 g/mol. The van der Waals surface area contributed by atoms with E-state index in [9.17, 15) is 0 Å². The molecule has 0 aliphatic rings. The number of hydrogen-bond donors (Lipinski definition) is 1. The lowest BCUT2D eigenvalue weighted by molar-refractivity contribution is 0.529. The Kier molecular flexibility index (Phi) is 3.94. The van der Waals surface area contributed by atoms with Crippen molar-refractivity contribution >= 4 is 0 Å². The van der Waals surface area contributed by atoms with Gasteiger partial charge in [-0.2, -0.15) is 0 Å². The van der Waals surface area contributed by atoms with Gasteiger partial charge in [-0.05, 0) is 25.0 Å². The van der Waals surface area contributed by atoms with Gasteiger partial charge in [-0.3, -0.25) is 0 Å². The fraction of sp³-hybridized carbons (Fsp3) is 0.250. The van der Waals surface area contributed by atoms with Crippen LogP contribution in [0.4, 0.5) is 0 Å². The lowest BCUT2D eigenvalue weighted by Gasteiger charge is -2.22. The van der Waals surface area contributed by atoms with E-state index < -0.39 is 0 Å².